The van der Waals surface area contributed by atoms with Crippen molar-refractivity contribution in [1.29, 1.82) is 0 Å². The first kappa shape index (κ1) is 14.7. The zero-order valence-corrected chi connectivity index (χ0v) is 12.9. The molecule has 1 fully saturated rings. The predicted octanol–water partition coefficient (Wildman–Crippen LogP) is 2.12. The molecular weight excluding hydrogens is 230 g/mol. The lowest BCUT2D eigenvalue weighted by atomic mass is 9.97. The molecule has 0 aromatic rings. The fourth-order valence-electron chi connectivity index (χ4n) is 2.63. The van der Waals surface area contributed by atoms with Crippen LogP contribution in [0.25, 0.3) is 0 Å². The molecule has 1 saturated heterocycles. The van der Waals surface area contributed by atoms with E-state index in [2.05, 4.69) is 57.1 Å². The molecule has 4 heteroatoms. The maximum Gasteiger partial charge on any atom is 0.170 e. The van der Waals surface area contributed by atoms with Crippen LogP contribution in [0.1, 0.15) is 48.0 Å². The van der Waals surface area contributed by atoms with Gasteiger partial charge >= 0.3 is 0 Å². The summed E-state index contributed by atoms with van der Waals surface area (Å²) in [6.45, 7) is 15.3. The van der Waals surface area contributed by atoms with Gasteiger partial charge < -0.3 is 15.5 Å². The molecule has 0 aliphatic carbocycles. The lowest BCUT2D eigenvalue weighted by Crippen LogP contribution is -2.60. The van der Waals surface area contributed by atoms with Gasteiger partial charge in [-0.05, 0) is 66.7 Å². The molecule has 1 aliphatic rings. The summed E-state index contributed by atoms with van der Waals surface area (Å²) < 4.78 is 0. The first-order chi connectivity index (χ1) is 7.62. The smallest absolute Gasteiger partial charge is 0.170 e. The van der Waals surface area contributed by atoms with Crippen LogP contribution in [0.4, 0.5) is 0 Å². The lowest BCUT2D eigenvalue weighted by molar-refractivity contribution is 0.121. The van der Waals surface area contributed by atoms with E-state index in [0.29, 0.717) is 6.04 Å². The van der Waals surface area contributed by atoms with E-state index in [1.165, 1.54) is 0 Å². The number of nitrogens with zero attached hydrogens (tertiary/aromatic N) is 1. The lowest BCUT2D eigenvalue weighted by Gasteiger charge is -2.47. The van der Waals surface area contributed by atoms with Crippen LogP contribution in [-0.4, -0.2) is 40.2 Å². The Kier molecular flexibility index (Phi) is 4.42. The Hall–Kier alpha value is -0.350. The van der Waals surface area contributed by atoms with E-state index in [0.717, 1.165) is 24.6 Å². The molecule has 1 rings (SSSR count). The summed E-state index contributed by atoms with van der Waals surface area (Å²) in [6.07, 6.45) is 1.16. The normalized spacial score (nSPS) is 21.4. The largest absolute Gasteiger partial charge is 0.358 e. The number of thiocarbonyl (C=S) groups is 1. The van der Waals surface area contributed by atoms with Crippen molar-refractivity contribution in [3.8, 4) is 0 Å². The summed E-state index contributed by atoms with van der Waals surface area (Å²) in [5.41, 5.74) is 0.0722. The summed E-state index contributed by atoms with van der Waals surface area (Å²) in [5, 5.41) is 7.71. The fraction of sp³-hybridized carbons (Fsp3) is 0.923. The Labute approximate surface area is 111 Å². The van der Waals surface area contributed by atoms with E-state index < -0.39 is 0 Å². The van der Waals surface area contributed by atoms with Gasteiger partial charge in [0.15, 0.2) is 5.11 Å². The van der Waals surface area contributed by atoms with Gasteiger partial charge in [0.1, 0.15) is 0 Å². The summed E-state index contributed by atoms with van der Waals surface area (Å²) >= 11 is 5.60. The van der Waals surface area contributed by atoms with Gasteiger partial charge in [-0.1, -0.05) is 0 Å². The van der Waals surface area contributed by atoms with Crippen molar-refractivity contribution in [3.63, 3.8) is 0 Å². The fourth-order valence-corrected chi connectivity index (χ4v) is 3.35. The minimum absolute atomic E-state index is 0.0361. The molecule has 100 valence electrons. The molecule has 0 bridgehead atoms. The quantitative estimate of drug-likeness (QED) is 0.704. The molecule has 17 heavy (non-hydrogen) atoms. The SMILES string of the molecule is CC(C)(C)N(C(=S)N[C@@H]1CCNC1)C(C)(C)C. The van der Waals surface area contributed by atoms with Crippen molar-refractivity contribution in [2.45, 2.75) is 65.1 Å². The summed E-state index contributed by atoms with van der Waals surface area (Å²) in [6, 6.07) is 0.481. The maximum atomic E-state index is 5.60. The van der Waals surface area contributed by atoms with Gasteiger partial charge in [-0.25, -0.2) is 0 Å². The van der Waals surface area contributed by atoms with Crippen molar-refractivity contribution < 1.29 is 0 Å². The average molecular weight is 257 g/mol. The van der Waals surface area contributed by atoms with Crippen LogP contribution in [0, 0.1) is 0 Å². The Morgan fingerprint density at radius 1 is 1.18 bits per heavy atom. The average Bonchev–Trinajstić information content (AvgIpc) is 2.49. The van der Waals surface area contributed by atoms with Gasteiger partial charge in [0.05, 0.1) is 0 Å². The van der Waals surface area contributed by atoms with Crippen molar-refractivity contribution in [3.05, 3.63) is 0 Å². The molecule has 0 unspecified atom stereocenters. The van der Waals surface area contributed by atoms with Crippen molar-refractivity contribution in [2.75, 3.05) is 13.1 Å². The Balaban J connectivity index is 2.73. The standard InChI is InChI=1S/C13H27N3S/c1-12(2,3)16(13(4,5)6)11(17)15-10-7-8-14-9-10/h10,14H,7-9H2,1-6H3,(H,15,17)/t10-/m1/s1. The number of hydrogen-bond donors (Lipinski definition) is 2. The van der Waals surface area contributed by atoms with Crippen LogP contribution < -0.4 is 10.6 Å². The minimum atomic E-state index is 0.0361. The zero-order valence-electron chi connectivity index (χ0n) is 12.1. The van der Waals surface area contributed by atoms with Gasteiger partial charge in [0.2, 0.25) is 0 Å². The van der Waals surface area contributed by atoms with Gasteiger partial charge in [0.25, 0.3) is 0 Å². The van der Waals surface area contributed by atoms with Crippen molar-refractivity contribution in [1.82, 2.24) is 15.5 Å². The van der Waals surface area contributed by atoms with Crippen LogP contribution in [-0.2, 0) is 0 Å². The van der Waals surface area contributed by atoms with Crippen LogP contribution in [0.3, 0.4) is 0 Å². The second-order valence-electron chi connectivity index (χ2n) is 6.82. The van der Waals surface area contributed by atoms with Crippen LogP contribution >= 0.6 is 12.2 Å². The molecule has 2 N–H and O–H groups in total. The monoisotopic (exact) mass is 257 g/mol. The summed E-state index contributed by atoms with van der Waals surface area (Å²) in [7, 11) is 0. The van der Waals surface area contributed by atoms with Crippen LogP contribution in [0.2, 0.25) is 0 Å². The molecule has 0 radical (unpaired) electrons. The first-order valence-electron chi connectivity index (χ1n) is 6.44. The third-order valence-corrected chi connectivity index (χ3v) is 3.23. The third-order valence-electron chi connectivity index (χ3n) is 2.93. The predicted molar refractivity (Wildman–Crippen MR) is 78.4 cm³/mol. The van der Waals surface area contributed by atoms with E-state index >= 15 is 0 Å². The van der Waals surface area contributed by atoms with Crippen LogP contribution in [0.5, 0.6) is 0 Å². The Morgan fingerprint density at radius 2 is 1.71 bits per heavy atom. The van der Waals surface area contributed by atoms with Gasteiger partial charge in [-0.3, -0.25) is 0 Å². The second-order valence-corrected chi connectivity index (χ2v) is 7.20. The number of nitrogens with one attached hydrogen (secondary N) is 2. The van der Waals surface area contributed by atoms with E-state index in [-0.39, 0.29) is 11.1 Å². The highest BCUT2D eigenvalue weighted by molar-refractivity contribution is 7.80. The summed E-state index contributed by atoms with van der Waals surface area (Å²) in [4.78, 5) is 2.30. The van der Waals surface area contributed by atoms with Gasteiger partial charge in [-0.15, -0.1) is 0 Å². The van der Waals surface area contributed by atoms with Gasteiger partial charge in [-0.2, -0.15) is 0 Å². The molecule has 3 nitrogen and oxygen atoms in total. The molecule has 0 amide bonds. The van der Waals surface area contributed by atoms with E-state index in [1.54, 1.807) is 0 Å². The molecule has 0 saturated carbocycles. The first-order valence-corrected chi connectivity index (χ1v) is 6.85. The van der Waals surface area contributed by atoms with E-state index in [1.807, 2.05) is 0 Å². The minimum Gasteiger partial charge on any atom is -0.358 e. The van der Waals surface area contributed by atoms with E-state index in [4.69, 9.17) is 12.2 Å². The highest BCUT2D eigenvalue weighted by Gasteiger charge is 2.34. The van der Waals surface area contributed by atoms with Crippen LogP contribution in [0.15, 0.2) is 0 Å². The molecule has 0 spiro atoms. The number of rotatable bonds is 1. The molecule has 1 atom stereocenters. The topological polar surface area (TPSA) is 27.3 Å². The highest BCUT2D eigenvalue weighted by atomic mass is 32.1. The molecule has 1 aliphatic heterocycles. The Morgan fingerprint density at radius 3 is 2.06 bits per heavy atom. The van der Waals surface area contributed by atoms with Crippen molar-refractivity contribution in [2.24, 2.45) is 0 Å². The summed E-state index contributed by atoms with van der Waals surface area (Å²) in [5.74, 6) is 0. The zero-order chi connectivity index (χ0) is 13.3. The molecule has 0 aromatic carbocycles. The van der Waals surface area contributed by atoms with Crippen molar-refractivity contribution >= 4 is 17.3 Å². The number of hydrogen-bond acceptors (Lipinski definition) is 2. The van der Waals surface area contributed by atoms with Gasteiger partial charge in [0, 0.05) is 23.7 Å². The molecule has 1 heterocycles. The maximum absolute atomic E-state index is 5.60. The third kappa shape index (κ3) is 4.11. The Bertz CT molecular complexity index is 255. The van der Waals surface area contributed by atoms with E-state index in [9.17, 15) is 0 Å². The molecular formula is C13H27N3S. The molecule has 0 aromatic heterocycles. The second kappa shape index (κ2) is 5.11. The highest BCUT2D eigenvalue weighted by Crippen LogP contribution is 2.25.